The van der Waals surface area contributed by atoms with Crippen molar-refractivity contribution in [2.75, 3.05) is 7.05 Å². The third-order valence-electron chi connectivity index (χ3n) is 3.77. The van der Waals surface area contributed by atoms with Crippen molar-refractivity contribution in [2.24, 2.45) is 0 Å². The van der Waals surface area contributed by atoms with Crippen molar-refractivity contribution >= 4 is 11.6 Å². The van der Waals surface area contributed by atoms with Gasteiger partial charge in [-0.1, -0.05) is 11.6 Å². The van der Waals surface area contributed by atoms with Crippen molar-refractivity contribution in [1.29, 1.82) is 0 Å². The summed E-state index contributed by atoms with van der Waals surface area (Å²) in [5.41, 5.74) is 0. The van der Waals surface area contributed by atoms with Crippen molar-refractivity contribution in [3.63, 3.8) is 0 Å². The van der Waals surface area contributed by atoms with E-state index >= 15 is 0 Å². The van der Waals surface area contributed by atoms with Crippen LogP contribution in [0.2, 0.25) is 5.15 Å². The van der Waals surface area contributed by atoms with Crippen LogP contribution >= 0.6 is 11.6 Å². The molecule has 4 rings (SSSR count). The molecule has 0 spiro atoms. The number of rotatable bonds is 2. The number of fused-ring (bicyclic) bond motifs is 2. The van der Waals surface area contributed by atoms with Gasteiger partial charge in [0, 0.05) is 24.3 Å². The Bertz CT molecular complexity index is 386. The van der Waals surface area contributed by atoms with Crippen molar-refractivity contribution in [3.8, 4) is 5.75 Å². The van der Waals surface area contributed by atoms with Gasteiger partial charge in [0.05, 0.1) is 0 Å². The molecule has 2 aliphatic heterocycles. The van der Waals surface area contributed by atoms with Crippen LogP contribution in [0.5, 0.6) is 5.75 Å². The van der Waals surface area contributed by atoms with E-state index in [2.05, 4.69) is 16.9 Å². The second-order valence-electron chi connectivity index (χ2n) is 4.73. The topological polar surface area (TPSA) is 25.4 Å². The van der Waals surface area contributed by atoms with Crippen LogP contribution in [0.1, 0.15) is 19.3 Å². The molecule has 86 valence electrons. The number of piperidine rings is 1. The zero-order valence-electron chi connectivity index (χ0n) is 9.27. The molecule has 2 bridgehead atoms. The maximum Gasteiger partial charge on any atom is 0.132 e. The van der Waals surface area contributed by atoms with Gasteiger partial charge in [-0.25, -0.2) is 4.98 Å². The van der Waals surface area contributed by atoms with E-state index in [1.54, 1.807) is 12.3 Å². The molecule has 3 aliphatic rings. The van der Waals surface area contributed by atoms with E-state index in [-0.39, 0.29) is 0 Å². The van der Waals surface area contributed by atoms with Crippen LogP contribution in [-0.4, -0.2) is 35.1 Å². The average Bonchev–Trinajstić information content (AvgIpc) is 2.28. The molecule has 3 fully saturated rings. The lowest BCUT2D eigenvalue weighted by atomic mass is 9.78. The smallest absolute Gasteiger partial charge is 0.132 e. The molecule has 2 unspecified atom stereocenters. The van der Waals surface area contributed by atoms with E-state index in [1.165, 1.54) is 6.42 Å². The van der Waals surface area contributed by atoms with Crippen LogP contribution in [0.15, 0.2) is 18.3 Å². The number of ether oxygens (including phenoxy) is 1. The third-order valence-corrected chi connectivity index (χ3v) is 3.97. The Balaban J connectivity index is 1.64. The Morgan fingerprint density at radius 1 is 1.38 bits per heavy atom. The number of pyridine rings is 1. The van der Waals surface area contributed by atoms with Gasteiger partial charge in [-0.05, 0) is 32.4 Å². The minimum atomic E-state index is 0.346. The van der Waals surface area contributed by atoms with Crippen LogP contribution in [0.4, 0.5) is 0 Å². The molecule has 4 heteroatoms. The van der Waals surface area contributed by atoms with E-state index in [0.717, 1.165) is 30.7 Å². The van der Waals surface area contributed by atoms with Crippen LogP contribution in [0.25, 0.3) is 0 Å². The Kier molecular flexibility index (Phi) is 2.52. The highest BCUT2D eigenvalue weighted by molar-refractivity contribution is 6.29. The molecule has 0 amide bonds. The molecule has 0 radical (unpaired) electrons. The minimum absolute atomic E-state index is 0.346. The summed E-state index contributed by atoms with van der Waals surface area (Å²) >= 11 is 5.82. The summed E-state index contributed by atoms with van der Waals surface area (Å²) in [6.07, 6.45) is 5.64. The van der Waals surface area contributed by atoms with Crippen LogP contribution in [0.3, 0.4) is 0 Å². The number of aromatic nitrogens is 1. The number of halogens is 1. The molecule has 1 aromatic rings. The van der Waals surface area contributed by atoms with E-state index in [0.29, 0.717) is 11.3 Å². The molecule has 2 saturated heterocycles. The molecular weight excluding hydrogens is 224 g/mol. The van der Waals surface area contributed by atoms with Crippen molar-refractivity contribution in [3.05, 3.63) is 23.5 Å². The van der Waals surface area contributed by atoms with Gasteiger partial charge in [0.2, 0.25) is 0 Å². The highest BCUT2D eigenvalue weighted by atomic mass is 35.5. The summed E-state index contributed by atoms with van der Waals surface area (Å²) in [6, 6.07) is 5.10. The lowest BCUT2D eigenvalue weighted by Crippen LogP contribution is -2.60. The molecule has 1 saturated carbocycles. The standard InChI is InChI=1S/C12H15ClN2O/c1-15-8-4-9(15)6-11(5-8)16-10-2-3-14-12(13)7-10/h2-3,7-9,11H,4-6H2,1H3. The SMILES string of the molecule is CN1C2CC(Oc3ccnc(Cl)c3)CC1C2. The van der Waals surface area contributed by atoms with Gasteiger partial charge in [0.1, 0.15) is 17.0 Å². The second kappa shape index (κ2) is 3.90. The van der Waals surface area contributed by atoms with Crippen molar-refractivity contribution in [2.45, 2.75) is 37.5 Å². The van der Waals surface area contributed by atoms with Crippen LogP contribution < -0.4 is 4.74 Å². The molecule has 0 N–H and O–H groups in total. The molecule has 1 aliphatic carbocycles. The zero-order chi connectivity index (χ0) is 11.1. The number of hydrogen-bond donors (Lipinski definition) is 0. The molecule has 1 aromatic heterocycles. The van der Waals surface area contributed by atoms with Gasteiger partial charge in [0.25, 0.3) is 0 Å². The van der Waals surface area contributed by atoms with Gasteiger partial charge >= 0.3 is 0 Å². The van der Waals surface area contributed by atoms with E-state index in [4.69, 9.17) is 16.3 Å². The summed E-state index contributed by atoms with van der Waals surface area (Å²) < 4.78 is 5.93. The summed E-state index contributed by atoms with van der Waals surface area (Å²) in [4.78, 5) is 6.40. The quantitative estimate of drug-likeness (QED) is 0.740. The average molecular weight is 239 g/mol. The Hall–Kier alpha value is -0.800. The van der Waals surface area contributed by atoms with Crippen LogP contribution in [-0.2, 0) is 0 Å². The fourth-order valence-corrected chi connectivity index (χ4v) is 2.95. The molecule has 0 aromatic carbocycles. The first kappa shape index (κ1) is 10.4. The number of hydrogen-bond acceptors (Lipinski definition) is 3. The first-order chi connectivity index (χ1) is 7.72. The summed E-state index contributed by atoms with van der Waals surface area (Å²) in [6.45, 7) is 0. The maximum atomic E-state index is 5.93. The van der Waals surface area contributed by atoms with Crippen LogP contribution in [0, 0.1) is 0 Å². The van der Waals surface area contributed by atoms with E-state index in [1.807, 2.05) is 6.07 Å². The fourth-order valence-electron chi connectivity index (χ4n) is 2.78. The summed E-state index contributed by atoms with van der Waals surface area (Å²) in [5, 5.41) is 0.496. The third kappa shape index (κ3) is 1.78. The Morgan fingerprint density at radius 3 is 2.75 bits per heavy atom. The minimum Gasteiger partial charge on any atom is -0.490 e. The van der Waals surface area contributed by atoms with E-state index < -0.39 is 0 Å². The monoisotopic (exact) mass is 238 g/mol. The van der Waals surface area contributed by atoms with E-state index in [9.17, 15) is 0 Å². The second-order valence-corrected chi connectivity index (χ2v) is 5.12. The van der Waals surface area contributed by atoms with Gasteiger partial charge in [-0.3, -0.25) is 0 Å². The maximum absolute atomic E-state index is 5.93. The predicted molar refractivity (Wildman–Crippen MR) is 62.9 cm³/mol. The lowest BCUT2D eigenvalue weighted by Gasteiger charge is -2.53. The zero-order valence-corrected chi connectivity index (χ0v) is 10.0. The van der Waals surface area contributed by atoms with Crippen molar-refractivity contribution in [1.82, 2.24) is 9.88 Å². The normalized spacial score (nSPS) is 33.2. The Labute approximate surface area is 100 Å². The van der Waals surface area contributed by atoms with Gasteiger partial charge in [-0.15, -0.1) is 0 Å². The molecule has 2 atom stereocenters. The van der Waals surface area contributed by atoms with Gasteiger partial charge in [0.15, 0.2) is 0 Å². The van der Waals surface area contributed by atoms with Crippen molar-refractivity contribution < 1.29 is 4.74 Å². The highest BCUT2D eigenvalue weighted by Crippen LogP contribution is 2.38. The fraction of sp³-hybridized carbons (Fsp3) is 0.583. The first-order valence-electron chi connectivity index (χ1n) is 5.72. The molecular formula is C12H15ClN2O. The summed E-state index contributed by atoms with van der Waals surface area (Å²) in [7, 11) is 2.21. The Morgan fingerprint density at radius 2 is 2.12 bits per heavy atom. The number of nitrogens with zero attached hydrogens (tertiary/aromatic N) is 2. The van der Waals surface area contributed by atoms with Gasteiger partial charge < -0.3 is 9.64 Å². The molecule has 3 nitrogen and oxygen atoms in total. The molecule has 3 heterocycles. The summed E-state index contributed by atoms with van der Waals surface area (Å²) in [5.74, 6) is 0.842. The lowest BCUT2D eigenvalue weighted by molar-refractivity contribution is -0.0559. The van der Waals surface area contributed by atoms with Gasteiger partial charge in [-0.2, -0.15) is 0 Å². The largest absolute Gasteiger partial charge is 0.490 e. The first-order valence-corrected chi connectivity index (χ1v) is 6.10. The predicted octanol–water partition coefficient (Wildman–Crippen LogP) is 2.35. The molecule has 16 heavy (non-hydrogen) atoms. The highest BCUT2D eigenvalue weighted by Gasteiger charge is 2.43.